The molecule has 0 saturated carbocycles. The second kappa shape index (κ2) is 10.3. The fourth-order valence-electron chi connectivity index (χ4n) is 5.58. The number of nitrogens with zero attached hydrogens (tertiary/aromatic N) is 4. The van der Waals surface area contributed by atoms with Crippen molar-refractivity contribution >= 4 is 34.9 Å². The largest absolute Gasteiger partial charge is 0.448 e. The van der Waals surface area contributed by atoms with Crippen LogP contribution in [0.1, 0.15) is 50.7 Å². The van der Waals surface area contributed by atoms with Crippen LogP contribution in [-0.4, -0.2) is 62.6 Å². The van der Waals surface area contributed by atoms with Crippen LogP contribution >= 0.6 is 0 Å². The van der Waals surface area contributed by atoms with E-state index < -0.39 is 23.8 Å². The Morgan fingerprint density at radius 2 is 1.63 bits per heavy atom. The van der Waals surface area contributed by atoms with Crippen LogP contribution in [0.5, 0.6) is 0 Å². The van der Waals surface area contributed by atoms with Gasteiger partial charge in [-0.15, -0.1) is 0 Å². The Labute approximate surface area is 237 Å². The molecule has 2 aromatic heterocycles. The van der Waals surface area contributed by atoms with Gasteiger partial charge in [0.1, 0.15) is 29.6 Å². The van der Waals surface area contributed by atoms with Gasteiger partial charge in [-0.05, 0) is 68.0 Å². The van der Waals surface area contributed by atoms with Crippen LogP contribution in [0.4, 0.5) is 15.4 Å². The van der Waals surface area contributed by atoms with E-state index in [4.69, 9.17) is 9.47 Å². The Morgan fingerprint density at radius 1 is 0.951 bits per heavy atom. The number of likely N-dealkylation sites (tertiary alicyclic amines) is 1. The smallest absolute Gasteiger partial charge is 0.435 e. The lowest BCUT2D eigenvalue weighted by molar-refractivity contribution is -0.120. The van der Waals surface area contributed by atoms with Crippen molar-refractivity contribution in [2.24, 2.45) is 0 Å². The molecule has 10 nitrogen and oxygen atoms in total. The van der Waals surface area contributed by atoms with Crippen LogP contribution in [0, 0.1) is 0 Å². The topological polar surface area (TPSA) is 116 Å². The fourth-order valence-corrected chi connectivity index (χ4v) is 5.58. The predicted octanol–water partition coefficient (Wildman–Crippen LogP) is 5.57. The summed E-state index contributed by atoms with van der Waals surface area (Å²) in [5.41, 5.74) is 4.79. The normalized spacial score (nSPS) is 16.4. The number of nitrogens with one attached hydrogen (secondary N) is 1. The van der Waals surface area contributed by atoms with Crippen LogP contribution in [0.3, 0.4) is 0 Å². The number of anilines is 1. The lowest BCUT2D eigenvalue weighted by Gasteiger charge is -2.24. The molecule has 41 heavy (non-hydrogen) atoms. The van der Waals surface area contributed by atoms with Crippen molar-refractivity contribution in [3.63, 3.8) is 0 Å². The summed E-state index contributed by atoms with van der Waals surface area (Å²) < 4.78 is 12.3. The van der Waals surface area contributed by atoms with Crippen molar-refractivity contribution in [3.05, 3.63) is 78.0 Å². The zero-order valence-corrected chi connectivity index (χ0v) is 23.2. The molecule has 4 aromatic rings. The van der Waals surface area contributed by atoms with Crippen LogP contribution in [0.25, 0.3) is 22.2 Å². The van der Waals surface area contributed by atoms with Gasteiger partial charge in [0.15, 0.2) is 0 Å². The maximum atomic E-state index is 13.2. The average molecular weight is 554 g/mol. The first-order valence-corrected chi connectivity index (χ1v) is 13.7. The third-order valence-corrected chi connectivity index (χ3v) is 7.37. The minimum absolute atomic E-state index is 0.0567. The molecule has 1 atom stereocenters. The zero-order valence-electron chi connectivity index (χ0n) is 23.2. The number of pyridine rings is 1. The second-order valence-corrected chi connectivity index (χ2v) is 11.3. The van der Waals surface area contributed by atoms with Crippen molar-refractivity contribution < 1.29 is 23.9 Å². The van der Waals surface area contributed by atoms with Gasteiger partial charge in [-0.25, -0.2) is 14.6 Å². The molecule has 3 heterocycles. The maximum absolute atomic E-state index is 13.2. The summed E-state index contributed by atoms with van der Waals surface area (Å²) in [7, 11) is 0. The Kier molecular flexibility index (Phi) is 6.69. The summed E-state index contributed by atoms with van der Waals surface area (Å²) >= 11 is 0. The van der Waals surface area contributed by atoms with Crippen LogP contribution in [0.2, 0.25) is 0 Å². The Hall–Kier alpha value is -4.73. The lowest BCUT2D eigenvalue weighted by atomic mass is 9.98. The molecule has 0 spiro atoms. The zero-order chi connectivity index (χ0) is 28.7. The molecule has 0 radical (unpaired) electrons. The molecule has 1 saturated heterocycles. The van der Waals surface area contributed by atoms with Crippen molar-refractivity contribution in [2.75, 3.05) is 18.5 Å². The van der Waals surface area contributed by atoms with Crippen molar-refractivity contribution in [2.45, 2.75) is 51.2 Å². The first-order valence-electron chi connectivity index (χ1n) is 13.7. The van der Waals surface area contributed by atoms with Gasteiger partial charge in [0.25, 0.3) is 0 Å². The van der Waals surface area contributed by atoms with Crippen molar-refractivity contribution in [1.29, 1.82) is 0 Å². The molecular weight excluding hydrogens is 522 g/mol. The number of amides is 2. The van der Waals surface area contributed by atoms with Gasteiger partial charge in [0, 0.05) is 12.5 Å². The summed E-state index contributed by atoms with van der Waals surface area (Å²) in [6, 6.07) is 18.9. The molecule has 6 rings (SSSR count). The van der Waals surface area contributed by atoms with E-state index in [1.165, 1.54) is 11.1 Å². The Bertz CT molecular complexity index is 1610. The highest BCUT2D eigenvalue weighted by atomic mass is 16.6. The number of rotatable bonds is 4. The van der Waals surface area contributed by atoms with Gasteiger partial charge in [0.05, 0.1) is 11.7 Å². The van der Waals surface area contributed by atoms with E-state index in [0.717, 1.165) is 26.9 Å². The molecule has 210 valence electrons. The van der Waals surface area contributed by atoms with Crippen molar-refractivity contribution in [3.8, 4) is 11.1 Å². The van der Waals surface area contributed by atoms with Gasteiger partial charge >= 0.3 is 12.2 Å². The minimum atomic E-state index is -0.673. The number of hydrogen-bond acceptors (Lipinski definition) is 7. The van der Waals surface area contributed by atoms with Gasteiger partial charge in [0.2, 0.25) is 5.91 Å². The molecule has 2 amide bonds. The molecule has 2 aromatic carbocycles. The number of benzene rings is 2. The molecule has 10 heteroatoms. The standard InChI is InChI=1S/C31H31N5O5/c1-31(2,3)41-30(39)36-25-14-15-27(33-24(25)17-32-36)34-28(37)26-13-8-16-35(26)29(38)40-18-23-21-11-6-4-9-19(21)20-10-5-7-12-22(20)23/h4-7,9-12,14-15,17,23,26H,8,13,16,18H2,1-3H3,(H,33,34,37)/t26-/m1/s1. The number of aromatic nitrogens is 3. The molecule has 1 fully saturated rings. The van der Waals surface area contributed by atoms with E-state index in [2.05, 4.69) is 39.7 Å². The average Bonchev–Trinajstić information content (AvgIpc) is 3.67. The number of ether oxygens (including phenoxy) is 2. The summed E-state index contributed by atoms with van der Waals surface area (Å²) in [5.74, 6) is -0.105. The third-order valence-electron chi connectivity index (χ3n) is 7.37. The molecule has 2 aliphatic rings. The van der Waals surface area contributed by atoms with Crippen LogP contribution < -0.4 is 5.32 Å². The second-order valence-electron chi connectivity index (χ2n) is 11.3. The summed E-state index contributed by atoms with van der Waals surface area (Å²) in [6.07, 6.45) is 1.53. The first-order chi connectivity index (χ1) is 19.7. The van der Waals surface area contributed by atoms with E-state index in [1.807, 2.05) is 24.3 Å². The fraction of sp³-hybridized carbons (Fsp3) is 0.323. The van der Waals surface area contributed by atoms with Gasteiger partial charge < -0.3 is 14.8 Å². The van der Waals surface area contributed by atoms with Gasteiger partial charge in [-0.1, -0.05) is 48.5 Å². The quantitative estimate of drug-likeness (QED) is 0.351. The molecule has 1 N–H and O–H groups in total. The minimum Gasteiger partial charge on any atom is -0.448 e. The molecule has 0 bridgehead atoms. The number of hydrogen-bond donors (Lipinski definition) is 1. The van der Waals surface area contributed by atoms with Gasteiger partial charge in [-0.2, -0.15) is 9.78 Å². The molecule has 1 aliphatic heterocycles. The summed E-state index contributed by atoms with van der Waals surface area (Å²) in [5, 5.41) is 6.90. The third kappa shape index (κ3) is 5.13. The van der Waals surface area contributed by atoms with Crippen LogP contribution in [0.15, 0.2) is 66.9 Å². The van der Waals surface area contributed by atoms with Gasteiger partial charge in [-0.3, -0.25) is 9.69 Å². The van der Waals surface area contributed by atoms with E-state index in [1.54, 1.807) is 32.9 Å². The maximum Gasteiger partial charge on any atom is 0.435 e. The molecule has 0 unspecified atom stereocenters. The summed E-state index contributed by atoms with van der Waals surface area (Å²) in [6.45, 7) is 5.95. The highest BCUT2D eigenvalue weighted by molar-refractivity contribution is 5.97. The lowest BCUT2D eigenvalue weighted by Crippen LogP contribution is -2.43. The Morgan fingerprint density at radius 3 is 2.32 bits per heavy atom. The summed E-state index contributed by atoms with van der Waals surface area (Å²) in [4.78, 5) is 44.8. The predicted molar refractivity (Wildman–Crippen MR) is 153 cm³/mol. The van der Waals surface area contributed by atoms with E-state index in [-0.39, 0.29) is 18.4 Å². The van der Waals surface area contributed by atoms with Crippen LogP contribution in [-0.2, 0) is 14.3 Å². The molecule has 1 aliphatic carbocycles. The van der Waals surface area contributed by atoms with E-state index >= 15 is 0 Å². The van der Waals surface area contributed by atoms with Crippen molar-refractivity contribution in [1.82, 2.24) is 19.7 Å². The van der Waals surface area contributed by atoms with E-state index in [0.29, 0.717) is 36.2 Å². The highest BCUT2D eigenvalue weighted by Crippen LogP contribution is 2.44. The number of carbonyl (C=O) groups is 3. The number of fused-ring (bicyclic) bond motifs is 4. The molecular formula is C31H31N5O5. The highest BCUT2D eigenvalue weighted by Gasteiger charge is 2.37. The SMILES string of the molecule is CC(C)(C)OC(=O)n1ncc2nc(NC(=O)[C@H]3CCCN3C(=O)OCC3c4ccccc4-c4ccccc43)ccc21. The monoisotopic (exact) mass is 553 g/mol. The number of carbonyl (C=O) groups excluding carboxylic acids is 3. The van der Waals surface area contributed by atoms with E-state index in [9.17, 15) is 14.4 Å². The first kappa shape index (κ1) is 26.5. The Balaban J connectivity index is 1.12.